The van der Waals surface area contributed by atoms with Crippen molar-refractivity contribution in [3.63, 3.8) is 0 Å². The fourth-order valence-corrected chi connectivity index (χ4v) is 1.44. The molecule has 0 atom stereocenters. The molecule has 0 aliphatic carbocycles. The number of anilines is 1. The molecule has 1 aromatic rings. The first kappa shape index (κ1) is 10.8. The van der Waals surface area contributed by atoms with E-state index >= 15 is 0 Å². The van der Waals surface area contributed by atoms with Crippen LogP contribution in [0.4, 0.5) is 5.82 Å². The van der Waals surface area contributed by atoms with E-state index in [1.165, 1.54) is 4.68 Å². The summed E-state index contributed by atoms with van der Waals surface area (Å²) in [5, 5.41) is 12.9. The Labute approximate surface area is 86.5 Å². The first-order chi connectivity index (χ1) is 6.43. The number of aliphatic carboxylic acids is 1. The topological polar surface area (TPSA) is 81.1 Å². The highest BCUT2D eigenvalue weighted by molar-refractivity contribution is 6.33. The van der Waals surface area contributed by atoms with Gasteiger partial charge in [0.1, 0.15) is 17.4 Å². The molecule has 0 saturated heterocycles. The van der Waals surface area contributed by atoms with Crippen LogP contribution in [0.3, 0.4) is 0 Å². The molecule has 0 aromatic carbocycles. The largest absolute Gasteiger partial charge is 0.480 e. The summed E-state index contributed by atoms with van der Waals surface area (Å²) >= 11 is 5.89. The Morgan fingerprint density at radius 1 is 1.71 bits per heavy atom. The van der Waals surface area contributed by atoms with Gasteiger partial charge in [0.25, 0.3) is 0 Å². The maximum Gasteiger partial charge on any atom is 0.325 e. The van der Waals surface area contributed by atoms with E-state index in [0.29, 0.717) is 10.7 Å². The van der Waals surface area contributed by atoms with E-state index in [0.717, 1.165) is 0 Å². The highest BCUT2D eigenvalue weighted by Crippen LogP contribution is 2.28. The van der Waals surface area contributed by atoms with E-state index in [1.54, 1.807) is 0 Å². The molecule has 78 valence electrons. The van der Waals surface area contributed by atoms with Gasteiger partial charge in [-0.05, 0) is 5.92 Å². The Morgan fingerprint density at radius 2 is 2.29 bits per heavy atom. The highest BCUT2D eigenvalue weighted by atomic mass is 35.5. The van der Waals surface area contributed by atoms with E-state index in [4.69, 9.17) is 22.4 Å². The highest BCUT2D eigenvalue weighted by Gasteiger charge is 2.17. The van der Waals surface area contributed by atoms with E-state index in [-0.39, 0.29) is 18.3 Å². The Balaban J connectivity index is 3.08. The van der Waals surface area contributed by atoms with Crippen LogP contribution in [0.2, 0.25) is 5.02 Å². The van der Waals surface area contributed by atoms with Crippen LogP contribution in [0.15, 0.2) is 0 Å². The molecule has 1 aromatic heterocycles. The number of aromatic nitrogens is 2. The number of carboxylic acids is 1. The minimum Gasteiger partial charge on any atom is -0.480 e. The number of nitrogens with two attached hydrogens (primary N) is 1. The zero-order chi connectivity index (χ0) is 10.9. The second kappa shape index (κ2) is 3.88. The Kier molecular flexibility index (Phi) is 3.00. The average Bonchev–Trinajstić information content (AvgIpc) is 2.32. The molecular weight excluding hydrogens is 206 g/mol. The number of carboxylic acid groups (broad SMARTS) is 1. The molecular formula is C8H12ClN3O2. The molecule has 0 amide bonds. The Morgan fingerprint density at radius 3 is 2.64 bits per heavy atom. The second-order valence-corrected chi connectivity index (χ2v) is 3.67. The van der Waals surface area contributed by atoms with Crippen LogP contribution < -0.4 is 5.73 Å². The molecule has 0 saturated carbocycles. The first-order valence-corrected chi connectivity index (χ1v) is 4.54. The van der Waals surface area contributed by atoms with Crippen molar-refractivity contribution in [1.82, 2.24) is 9.78 Å². The third kappa shape index (κ3) is 1.98. The summed E-state index contributed by atoms with van der Waals surface area (Å²) in [5.41, 5.74) is 6.22. The molecule has 1 rings (SSSR count). The summed E-state index contributed by atoms with van der Waals surface area (Å²) in [6, 6.07) is 0. The molecule has 0 spiro atoms. The standard InChI is InChI=1S/C8H12ClN3O2/c1-4(2)7-6(9)8(10)12(11-7)3-5(13)14/h4H,3,10H2,1-2H3,(H,13,14). The third-order valence-corrected chi connectivity index (χ3v) is 2.18. The SMILES string of the molecule is CC(C)c1nn(CC(=O)O)c(N)c1Cl. The molecule has 0 bridgehead atoms. The van der Waals surface area contributed by atoms with Gasteiger partial charge in [-0.1, -0.05) is 25.4 Å². The van der Waals surface area contributed by atoms with Gasteiger partial charge >= 0.3 is 5.97 Å². The van der Waals surface area contributed by atoms with Gasteiger partial charge in [0.2, 0.25) is 0 Å². The smallest absolute Gasteiger partial charge is 0.325 e. The van der Waals surface area contributed by atoms with Crippen LogP contribution in [0, 0.1) is 0 Å². The number of hydrogen-bond donors (Lipinski definition) is 2. The quantitative estimate of drug-likeness (QED) is 0.800. The maximum atomic E-state index is 10.5. The lowest BCUT2D eigenvalue weighted by Gasteiger charge is -1.98. The van der Waals surface area contributed by atoms with E-state index in [2.05, 4.69) is 5.10 Å². The normalized spacial score (nSPS) is 10.9. The predicted molar refractivity (Wildman–Crippen MR) is 53.4 cm³/mol. The molecule has 14 heavy (non-hydrogen) atoms. The predicted octanol–water partition coefficient (Wildman–Crippen LogP) is 1.33. The van der Waals surface area contributed by atoms with Crippen molar-refractivity contribution < 1.29 is 9.90 Å². The third-order valence-electron chi connectivity index (χ3n) is 1.79. The molecule has 5 nitrogen and oxygen atoms in total. The van der Waals surface area contributed by atoms with Crippen molar-refractivity contribution in [1.29, 1.82) is 0 Å². The van der Waals surface area contributed by atoms with Crippen molar-refractivity contribution >= 4 is 23.4 Å². The lowest BCUT2D eigenvalue weighted by Crippen LogP contribution is -2.12. The van der Waals surface area contributed by atoms with Gasteiger partial charge in [-0.25, -0.2) is 4.68 Å². The fraction of sp³-hybridized carbons (Fsp3) is 0.500. The van der Waals surface area contributed by atoms with Crippen LogP contribution in [0.5, 0.6) is 0 Å². The van der Waals surface area contributed by atoms with E-state index in [9.17, 15) is 4.79 Å². The lowest BCUT2D eigenvalue weighted by atomic mass is 10.1. The van der Waals surface area contributed by atoms with Gasteiger partial charge in [0.15, 0.2) is 0 Å². The van der Waals surface area contributed by atoms with Crippen molar-refractivity contribution in [2.24, 2.45) is 0 Å². The average molecular weight is 218 g/mol. The minimum absolute atomic E-state index is 0.125. The molecule has 1 heterocycles. The lowest BCUT2D eigenvalue weighted by molar-refractivity contribution is -0.137. The summed E-state index contributed by atoms with van der Waals surface area (Å²) in [4.78, 5) is 10.5. The van der Waals surface area contributed by atoms with Crippen molar-refractivity contribution in [2.75, 3.05) is 5.73 Å². The van der Waals surface area contributed by atoms with Crippen LogP contribution >= 0.6 is 11.6 Å². The fourth-order valence-electron chi connectivity index (χ4n) is 1.09. The van der Waals surface area contributed by atoms with Crippen molar-refractivity contribution in [3.8, 4) is 0 Å². The molecule has 0 fully saturated rings. The van der Waals surface area contributed by atoms with Crippen LogP contribution in [0.1, 0.15) is 25.5 Å². The van der Waals surface area contributed by atoms with Gasteiger partial charge in [-0.2, -0.15) is 5.10 Å². The monoisotopic (exact) mass is 217 g/mol. The van der Waals surface area contributed by atoms with Crippen molar-refractivity contribution in [3.05, 3.63) is 10.7 Å². The van der Waals surface area contributed by atoms with Gasteiger partial charge in [0, 0.05) is 0 Å². The number of nitrogen functional groups attached to an aromatic ring is 1. The van der Waals surface area contributed by atoms with Crippen LogP contribution in [-0.4, -0.2) is 20.9 Å². The first-order valence-electron chi connectivity index (χ1n) is 4.17. The van der Waals surface area contributed by atoms with E-state index < -0.39 is 5.97 Å². The second-order valence-electron chi connectivity index (χ2n) is 3.29. The number of nitrogens with zero attached hydrogens (tertiary/aromatic N) is 2. The van der Waals surface area contributed by atoms with Crippen LogP contribution in [-0.2, 0) is 11.3 Å². The number of carbonyl (C=O) groups is 1. The van der Waals surface area contributed by atoms with E-state index in [1.807, 2.05) is 13.8 Å². The van der Waals surface area contributed by atoms with Gasteiger partial charge in [-0.15, -0.1) is 0 Å². The minimum atomic E-state index is -0.994. The summed E-state index contributed by atoms with van der Waals surface area (Å²) in [6.07, 6.45) is 0. The Hall–Kier alpha value is -1.23. The molecule has 0 aliphatic heterocycles. The summed E-state index contributed by atoms with van der Waals surface area (Å²) in [6.45, 7) is 3.57. The molecule has 0 unspecified atom stereocenters. The van der Waals surface area contributed by atoms with Crippen LogP contribution in [0.25, 0.3) is 0 Å². The van der Waals surface area contributed by atoms with Crippen molar-refractivity contribution in [2.45, 2.75) is 26.3 Å². The molecule has 3 N–H and O–H groups in total. The molecule has 0 aliphatic rings. The summed E-state index contributed by atoms with van der Waals surface area (Å²) in [7, 11) is 0. The van der Waals surface area contributed by atoms with Gasteiger partial charge < -0.3 is 10.8 Å². The Bertz CT molecular complexity index is 360. The molecule has 0 radical (unpaired) electrons. The number of halogens is 1. The number of rotatable bonds is 3. The summed E-state index contributed by atoms with van der Waals surface area (Å²) in [5.74, 6) is -0.663. The van der Waals surface area contributed by atoms with Gasteiger partial charge in [0.05, 0.1) is 5.69 Å². The zero-order valence-corrected chi connectivity index (χ0v) is 8.75. The van der Waals surface area contributed by atoms with Gasteiger partial charge in [-0.3, -0.25) is 4.79 Å². The number of hydrogen-bond acceptors (Lipinski definition) is 3. The summed E-state index contributed by atoms with van der Waals surface area (Å²) < 4.78 is 1.19. The maximum absolute atomic E-state index is 10.5. The zero-order valence-electron chi connectivity index (χ0n) is 7.99. The molecule has 6 heteroatoms.